The van der Waals surface area contributed by atoms with Crippen molar-refractivity contribution in [3.63, 3.8) is 0 Å². The largest absolute Gasteiger partial charge is 0.374 e. The minimum atomic E-state index is -0.334. The molecule has 1 heterocycles. The third kappa shape index (κ3) is 3.65. The van der Waals surface area contributed by atoms with Crippen LogP contribution in [-0.4, -0.2) is 29.2 Å². The Kier molecular flexibility index (Phi) is 4.97. The summed E-state index contributed by atoms with van der Waals surface area (Å²) in [5.41, 5.74) is 0.161. The average Bonchev–Trinajstić information content (AvgIpc) is 2.28. The number of hydrogen-bond donors (Lipinski definition) is 3. The first kappa shape index (κ1) is 12.7. The molecule has 88 valence electrons. The van der Waals surface area contributed by atoms with Crippen molar-refractivity contribution in [3.8, 4) is 0 Å². The number of nitrogens with one attached hydrogen (secondary N) is 3. The van der Waals surface area contributed by atoms with E-state index in [0.717, 1.165) is 6.42 Å². The Labute approximate surface area is 101 Å². The van der Waals surface area contributed by atoms with Crippen molar-refractivity contribution in [2.24, 2.45) is 0 Å². The lowest BCUT2D eigenvalue weighted by atomic mass is 10.4. The zero-order valence-corrected chi connectivity index (χ0v) is 10.4. The highest BCUT2D eigenvalue weighted by Gasteiger charge is 2.05. The molecule has 0 spiro atoms. The lowest BCUT2D eigenvalue weighted by molar-refractivity contribution is -0.119. The summed E-state index contributed by atoms with van der Waals surface area (Å²) in [6.07, 6.45) is 2.33. The number of amides is 1. The molecule has 0 fully saturated rings. The fraction of sp³-hybridized carbons (Fsp3) is 0.444. The molecular weight excluding hydrogens is 276 g/mol. The second kappa shape index (κ2) is 6.26. The van der Waals surface area contributed by atoms with E-state index in [1.807, 2.05) is 6.92 Å². The number of rotatable bonds is 5. The van der Waals surface area contributed by atoms with Crippen LogP contribution in [0.5, 0.6) is 0 Å². The molecule has 0 aliphatic carbocycles. The molecule has 3 N–H and O–H groups in total. The first-order valence-electron chi connectivity index (χ1n) is 4.89. The monoisotopic (exact) mass is 288 g/mol. The summed E-state index contributed by atoms with van der Waals surface area (Å²) in [6, 6.07) is 0. The first-order chi connectivity index (χ1) is 7.65. The highest BCUT2D eigenvalue weighted by molar-refractivity contribution is 9.10. The van der Waals surface area contributed by atoms with E-state index in [9.17, 15) is 9.59 Å². The molecule has 1 aromatic heterocycles. The van der Waals surface area contributed by atoms with Crippen molar-refractivity contribution < 1.29 is 4.79 Å². The second-order valence-electron chi connectivity index (χ2n) is 3.13. The van der Waals surface area contributed by atoms with Gasteiger partial charge in [-0.15, -0.1) is 0 Å². The molecule has 0 bridgehead atoms. The van der Waals surface area contributed by atoms with Gasteiger partial charge in [-0.05, 0) is 22.4 Å². The number of halogens is 1. The van der Waals surface area contributed by atoms with Gasteiger partial charge in [0, 0.05) is 6.54 Å². The number of aromatic amines is 1. The molecule has 7 heteroatoms. The van der Waals surface area contributed by atoms with Crippen molar-refractivity contribution >= 4 is 27.5 Å². The van der Waals surface area contributed by atoms with E-state index in [1.54, 1.807) is 0 Å². The summed E-state index contributed by atoms with van der Waals surface area (Å²) in [7, 11) is 0. The smallest absolute Gasteiger partial charge is 0.280 e. The quantitative estimate of drug-likeness (QED) is 0.735. The summed E-state index contributed by atoms with van der Waals surface area (Å²) in [5, 5.41) is 11.4. The molecule has 1 rings (SSSR count). The van der Waals surface area contributed by atoms with E-state index in [-0.39, 0.29) is 18.0 Å². The van der Waals surface area contributed by atoms with Crippen molar-refractivity contribution in [1.29, 1.82) is 0 Å². The summed E-state index contributed by atoms with van der Waals surface area (Å²) in [4.78, 5) is 22.4. The molecular formula is C9H13BrN4O2. The van der Waals surface area contributed by atoms with Gasteiger partial charge in [-0.2, -0.15) is 5.10 Å². The maximum absolute atomic E-state index is 11.3. The van der Waals surface area contributed by atoms with E-state index in [0.29, 0.717) is 16.7 Å². The van der Waals surface area contributed by atoms with Gasteiger partial charge < -0.3 is 10.6 Å². The molecule has 16 heavy (non-hydrogen) atoms. The van der Waals surface area contributed by atoms with Crippen molar-refractivity contribution in [1.82, 2.24) is 15.5 Å². The number of aromatic nitrogens is 2. The Morgan fingerprint density at radius 1 is 1.62 bits per heavy atom. The van der Waals surface area contributed by atoms with Crippen LogP contribution in [0.25, 0.3) is 0 Å². The zero-order valence-electron chi connectivity index (χ0n) is 8.84. The molecule has 6 nitrogen and oxygen atoms in total. The molecule has 0 saturated carbocycles. The number of hydrogen-bond acceptors (Lipinski definition) is 4. The maximum atomic E-state index is 11.3. The SMILES string of the molecule is CCCNC(=O)CNc1cn[nH]c(=O)c1Br. The van der Waals surface area contributed by atoms with E-state index < -0.39 is 0 Å². The van der Waals surface area contributed by atoms with Crippen LogP contribution in [-0.2, 0) is 4.79 Å². The maximum Gasteiger partial charge on any atom is 0.280 e. The van der Waals surface area contributed by atoms with Gasteiger partial charge in [-0.1, -0.05) is 6.92 Å². The molecule has 0 radical (unpaired) electrons. The molecule has 0 aromatic carbocycles. The average molecular weight is 289 g/mol. The number of carbonyl (C=O) groups is 1. The minimum Gasteiger partial charge on any atom is -0.374 e. The predicted octanol–water partition coefficient (Wildman–Crippen LogP) is 0.470. The number of H-pyrrole nitrogens is 1. The van der Waals surface area contributed by atoms with E-state index >= 15 is 0 Å². The van der Waals surface area contributed by atoms with Gasteiger partial charge >= 0.3 is 0 Å². The molecule has 0 atom stereocenters. The van der Waals surface area contributed by atoms with Crippen LogP contribution in [0, 0.1) is 0 Å². The van der Waals surface area contributed by atoms with Crippen molar-refractivity contribution in [3.05, 3.63) is 21.0 Å². The van der Waals surface area contributed by atoms with Gasteiger partial charge in [0.25, 0.3) is 5.56 Å². The summed E-state index contributed by atoms with van der Waals surface area (Å²) in [6.45, 7) is 2.74. The highest BCUT2D eigenvalue weighted by atomic mass is 79.9. The topological polar surface area (TPSA) is 86.9 Å². The second-order valence-corrected chi connectivity index (χ2v) is 3.92. The van der Waals surface area contributed by atoms with E-state index in [2.05, 4.69) is 36.8 Å². The third-order valence-electron chi connectivity index (χ3n) is 1.81. The van der Waals surface area contributed by atoms with Crippen LogP contribution in [0.15, 0.2) is 15.5 Å². The Bertz CT molecular complexity index is 418. The molecule has 0 aliphatic heterocycles. The summed E-state index contributed by atoms with van der Waals surface area (Å²) >= 11 is 3.10. The third-order valence-corrected chi connectivity index (χ3v) is 2.59. The van der Waals surface area contributed by atoms with Gasteiger partial charge in [0.15, 0.2) is 0 Å². The summed E-state index contributed by atoms with van der Waals surface area (Å²) < 4.78 is 0.339. The predicted molar refractivity (Wildman–Crippen MR) is 64.3 cm³/mol. The van der Waals surface area contributed by atoms with Crippen LogP contribution in [0.3, 0.4) is 0 Å². The molecule has 0 unspecified atom stereocenters. The minimum absolute atomic E-state index is 0.115. The van der Waals surface area contributed by atoms with Crippen LogP contribution >= 0.6 is 15.9 Å². The molecule has 1 aromatic rings. The molecule has 0 saturated heterocycles. The van der Waals surface area contributed by atoms with E-state index in [4.69, 9.17) is 0 Å². The van der Waals surface area contributed by atoms with Crippen molar-refractivity contribution in [2.75, 3.05) is 18.4 Å². The lowest BCUT2D eigenvalue weighted by Crippen LogP contribution is -2.30. The van der Waals surface area contributed by atoms with Crippen molar-refractivity contribution in [2.45, 2.75) is 13.3 Å². The Morgan fingerprint density at radius 2 is 2.38 bits per heavy atom. The Morgan fingerprint density at radius 3 is 3.06 bits per heavy atom. The normalized spacial score (nSPS) is 9.88. The summed E-state index contributed by atoms with van der Waals surface area (Å²) in [5.74, 6) is -0.117. The van der Waals surface area contributed by atoms with Gasteiger partial charge in [-0.3, -0.25) is 9.59 Å². The molecule has 1 amide bonds. The van der Waals surface area contributed by atoms with Gasteiger partial charge in [-0.25, -0.2) is 5.10 Å². The first-order valence-corrected chi connectivity index (χ1v) is 5.68. The zero-order chi connectivity index (χ0) is 12.0. The fourth-order valence-electron chi connectivity index (χ4n) is 1.01. The van der Waals surface area contributed by atoms with Gasteiger partial charge in [0.05, 0.1) is 18.4 Å². The Balaban J connectivity index is 2.52. The lowest BCUT2D eigenvalue weighted by Gasteiger charge is -2.07. The number of carbonyl (C=O) groups excluding carboxylic acids is 1. The highest BCUT2D eigenvalue weighted by Crippen LogP contribution is 2.14. The number of nitrogens with zero attached hydrogens (tertiary/aromatic N) is 1. The van der Waals surface area contributed by atoms with Crippen LogP contribution in [0.1, 0.15) is 13.3 Å². The van der Waals surface area contributed by atoms with Gasteiger partial charge in [0.1, 0.15) is 4.47 Å². The van der Waals surface area contributed by atoms with Crippen LogP contribution < -0.4 is 16.2 Å². The number of anilines is 1. The Hall–Kier alpha value is -1.37. The van der Waals surface area contributed by atoms with Crippen LogP contribution in [0.2, 0.25) is 0 Å². The van der Waals surface area contributed by atoms with Gasteiger partial charge in [0.2, 0.25) is 5.91 Å². The fourth-order valence-corrected chi connectivity index (χ4v) is 1.34. The molecule has 0 aliphatic rings. The van der Waals surface area contributed by atoms with E-state index in [1.165, 1.54) is 6.20 Å². The van der Waals surface area contributed by atoms with Crippen LogP contribution in [0.4, 0.5) is 5.69 Å². The standard InChI is InChI=1S/C9H13BrN4O2/c1-2-3-11-7(15)5-12-6-4-13-14-9(16)8(6)10/h4H,2-3,5H2,1H3,(H,11,15)(H2,12,14,16).